The molecule has 3 atom stereocenters. The molecule has 1 heterocycles. The molecule has 1 aromatic carbocycles. The highest BCUT2D eigenvalue weighted by Crippen LogP contribution is 2.49. The Hall–Kier alpha value is -1.83. The Morgan fingerprint density at radius 1 is 1.34 bits per heavy atom. The van der Waals surface area contributed by atoms with E-state index in [9.17, 15) is 9.18 Å². The molecular formula is C25H38FN3O3. The zero-order chi connectivity index (χ0) is 23.1. The van der Waals surface area contributed by atoms with Crippen LogP contribution in [-0.4, -0.2) is 62.6 Å². The maximum atomic E-state index is 13.9. The van der Waals surface area contributed by atoms with E-state index in [0.717, 1.165) is 37.3 Å². The topological polar surface area (TPSA) is 54.4 Å². The van der Waals surface area contributed by atoms with Gasteiger partial charge in [0.05, 0.1) is 6.61 Å². The highest BCUT2D eigenvalue weighted by Gasteiger charge is 2.43. The van der Waals surface area contributed by atoms with Crippen molar-refractivity contribution in [1.29, 1.82) is 0 Å². The standard InChI is InChI=1S/C25H38FN3O3/c1-18(2)25(27-3)28(4)32-17-29-11-7-19(8-12-29)23-15-21(23)10-14-31-22-6-5-20(9-13-30)24(26)16-22/h5-6,13,16,18-19,21,23,25H,3,7-12,14-15,17H2,1-2,4H3. The molecule has 3 rings (SSSR count). The van der Waals surface area contributed by atoms with Gasteiger partial charge in [-0.2, -0.15) is 5.06 Å². The number of hydrogen-bond donors (Lipinski definition) is 0. The van der Waals surface area contributed by atoms with Crippen LogP contribution in [0, 0.1) is 29.5 Å². The normalized spacial score (nSPS) is 22.8. The molecule has 0 spiro atoms. The smallest absolute Gasteiger partial charge is 0.130 e. The van der Waals surface area contributed by atoms with E-state index in [1.807, 2.05) is 12.1 Å². The molecule has 2 aliphatic rings. The van der Waals surface area contributed by atoms with E-state index in [1.54, 1.807) is 12.1 Å². The van der Waals surface area contributed by atoms with E-state index in [2.05, 4.69) is 30.5 Å². The van der Waals surface area contributed by atoms with Crippen LogP contribution in [0.2, 0.25) is 0 Å². The van der Waals surface area contributed by atoms with Crippen molar-refractivity contribution < 1.29 is 18.8 Å². The van der Waals surface area contributed by atoms with Crippen molar-refractivity contribution in [3.8, 4) is 5.75 Å². The van der Waals surface area contributed by atoms with Crippen LogP contribution >= 0.6 is 0 Å². The summed E-state index contributed by atoms with van der Waals surface area (Å²) in [6, 6.07) is 4.76. The van der Waals surface area contributed by atoms with Gasteiger partial charge in [0.25, 0.3) is 0 Å². The van der Waals surface area contributed by atoms with Gasteiger partial charge in [0.1, 0.15) is 30.7 Å². The molecule has 1 saturated heterocycles. The van der Waals surface area contributed by atoms with Gasteiger partial charge in [-0.05, 0) is 67.7 Å². The van der Waals surface area contributed by atoms with E-state index in [0.29, 0.717) is 36.9 Å². The number of ether oxygens (including phenoxy) is 1. The second-order valence-corrected chi connectivity index (χ2v) is 9.52. The Morgan fingerprint density at radius 2 is 2.09 bits per heavy atom. The number of benzene rings is 1. The average molecular weight is 448 g/mol. The average Bonchev–Trinajstić information content (AvgIpc) is 3.54. The van der Waals surface area contributed by atoms with Gasteiger partial charge in [0.2, 0.25) is 0 Å². The number of carbonyl (C=O) groups excluding carboxylic acids is 1. The Balaban J connectivity index is 1.31. The van der Waals surface area contributed by atoms with Crippen LogP contribution in [0.5, 0.6) is 5.75 Å². The number of hydroxylamine groups is 2. The summed E-state index contributed by atoms with van der Waals surface area (Å²) in [4.78, 5) is 23.0. The first kappa shape index (κ1) is 24.8. The van der Waals surface area contributed by atoms with Crippen molar-refractivity contribution in [2.24, 2.45) is 28.7 Å². The number of rotatable bonds is 13. The lowest BCUT2D eigenvalue weighted by molar-refractivity contribution is -0.206. The lowest BCUT2D eigenvalue weighted by atomic mass is 9.91. The molecule has 1 aliphatic carbocycles. The highest BCUT2D eigenvalue weighted by molar-refractivity contribution is 5.55. The second kappa shape index (κ2) is 11.9. The number of nitrogens with zero attached hydrogens (tertiary/aromatic N) is 3. The minimum atomic E-state index is -0.374. The van der Waals surface area contributed by atoms with Crippen molar-refractivity contribution in [3.63, 3.8) is 0 Å². The SMILES string of the molecule is C=NC(C(C)C)N(C)OCN1CCC(C2CC2CCOc2ccc(CC=O)c(F)c2)CC1. The van der Waals surface area contributed by atoms with Crippen molar-refractivity contribution in [2.45, 2.75) is 52.1 Å². The largest absolute Gasteiger partial charge is 0.493 e. The van der Waals surface area contributed by atoms with Crippen LogP contribution in [0.15, 0.2) is 23.2 Å². The van der Waals surface area contributed by atoms with Gasteiger partial charge in [-0.25, -0.2) is 4.39 Å². The van der Waals surface area contributed by atoms with Crippen molar-refractivity contribution in [3.05, 3.63) is 29.6 Å². The predicted molar refractivity (Wildman–Crippen MR) is 124 cm³/mol. The summed E-state index contributed by atoms with van der Waals surface area (Å²) >= 11 is 0. The molecule has 1 saturated carbocycles. The van der Waals surface area contributed by atoms with Gasteiger partial charge in [0, 0.05) is 32.6 Å². The molecule has 6 nitrogen and oxygen atoms in total. The number of hydrogen-bond acceptors (Lipinski definition) is 6. The first-order chi connectivity index (χ1) is 15.4. The van der Waals surface area contributed by atoms with E-state index in [1.165, 1.54) is 25.3 Å². The van der Waals surface area contributed by atoms with Crippen molar-refractivity contribution >= 4 is 13.0 Å². The molecule has 0 N–H and O–H groups in total. The quantitative estimate of drug-likeness (QED) is 0.258. The van der Waals surface area contributed by atoms with Crippen molar-refractivity contribution in [2.75, 3.05) is 33.5 Å². The molecule has 0 bridgehead atoms. The molecule has 1 aromatic rings. The first-order valence-electron chi connectivity index (χ1n) is 11.8. The minimum Gasteiger partial charge on any atom is -0.493 e. The highest BCUT2D eigenvalue weighted by atomic mass is 19.1. The fourth-order valence-electron chi connectivity index (χ4n) is 4.89. The number of carbonyl (C=O) groups is 1. The second-order valence-electron chi connectivity index (χ2n) is 9.52. The van der Waals surface area contributed by atoms with Crippen LogP contribution in [0.3, 0.4) is 0 Å². The third kappa shape index (κ3) is 6.83. The zero-order valence-electron chi connectivity index (χ0n) is 19.7. The van der Waals surface area contributed by atoms with Gasteiger partial charge in [0.15, 0.2) is 0 Å². The molecule has 3 unspecified atom stereocenters. The Kier molecular flexibility index (Phi) is 9.20. The van der Waals surface area contributed by atoms with Gasteiger partial charge in [-0.15, -0.1) is 0 Å². The summed E-state index contributed by atoms with van der Waals surface area (Å²) in [5, 5.41) is 1.82. The van der Waals surface area contributed by atoms with E-state index >= 15 is 0 Å². The first-order valence-corrected chi connectivity index (χ1v) is 11.8. The summed E-state index contributed by atoms with van der Waals surface area (Å²) < 4.78 is 19.7. The molecule has 0 aromatic heterocycles. The van der Waals surface area contributed by atoms with Crippen LogP contribution in [0.1, 0.15) is 45.1 Å². The summed E-state index contributed by atoms with van der Waals surface area (Å²) in [6.07, 6.45) is 5.51. The third-order valence-corrected chi connectivity index (χ3v) is 6.90. The lowest BCUT2D eigenvalue weighted by Crippen LogP contribution is -2.41. The lowest BCUT2D eigenvalue weighted by Gasteiger charge is -2.34. The molecule has 178 valence electrons. The Labute approximate surface area is 191 Å². The number of halogens is 1. The summed E-state index contributed by atoms with van der Waals surface area (Å²) in [5.74, 6) is 2.83. The summed E-state index contributed by atoms with van der Waals surface area (Å²) in [6.45, 7) is 11.3. The van der Waals surface area contributed by atoms with Gasteiger partial charge < -0.3 is 9.53 Å². The molecular weight excluding hydrogens is 409 g/mol. The van der Waals surface area contributed by atoms with E-state index in [-0.39, 0.29) is 18.4 Å². The van der Waals surface area contributed by atoms with Gasteiger partial charge in [-0.3, -0.25) is 14.7 Å². The maximum Gasteiger partial charge on any atom is 0.130 e. The Bertz CT molecular complexity index is 752. The minimum absolute atomic E-state index is 0.0206. The van der Waals surface area contributed by atoms with E-state index in [4.69, 9.17) is 9.57 Å². The molecule has 0 radical (unpaired) electrons. The molecule has 32 heavy (non-hydrogen) atoms. The third-order valence-electron chi connectivity index (χ3n) is 6.90. The summed E-state index contributed by atoms with van der Waals surface area (Å²) in [7, 11) is 1.93. The molecule has 0 amide bonds. The van der Waals surface area contributed by atoms with E-state index < -0.39 is 0 Å². The van der Waals surface area contributed by atoms with Crippen LogP contribution in [0.4, 0.5) is 4.39 Å². The van der Waals surface area contributed by atoms with Gasteiger partial charge >= 0.3 is 0 Å². The predicted octanol–water partition coefficient (Wildman–Crippen LogP) is 4.19. The number of likely N-dealkylation sites (tertiary alicyclic amines) is 1. The number of piperidine rings is 1. The molecule has 1 aliphatic heterocycles. The molecule has 2 fully saturated rings. The fourth-order valence-corrected chi connectivity index (χ4v) is 4.89. The fraction of sp³-hybridized carbons (Fsp3) is 0.680. The van der Waals surface area contributed by atoms with Crippen LogP contribution < -0.4 is 4.74 Å². The number of aldehydes is 1. The zero-order valence-corrected chi connectivity index (χ0v) is 19.7. The monoisotopic (exact) mass is 447 g/mol. The van der Waals surface area contributed by atoms with Crippen LogP contribution in [-0.2, 0) is 16.1 Å². The number of aliphatic imine (C=N–C) groups is 1. The van der Waals surface area contributed by atoms with Crippen molar-refractivity contribution in [1.82, 2.24) is 9.96 Å². The maximum absolute atomic E-state index is 13.9. The molecule has 7 heteroatoms. The Morgan fingerprint density at radius 3 is 2.72 bits per heavy atom. The van der Waals surface area contributed by atoms with Crippen LogP contribution in [0.25, 0.3) is 0 Å². The summed E-state index contributed by atoms with van der Waals surface area (Å²) in [5.41, 5.74) is 0.412. The van der Waals surface area contributed by atoms with Gasteiger partial charge in [-0.1, -0.05) is 19.9 Å².